The van der Waals surface area contributed by atoms with Gasteiger partial charge < -0.3 is 10.1 Å². The molecule has 0 bridgehead atoms. The van der Waals surface area contributed by atoms with Crippen LogP contribution in [0.25, 0.3) is 0 Å². The van der Waals surface area contributed by atoms with Crippen LogP contribution in [0.3, 0.4) is 0 Å². The molecule has 3 heteroatoms. The second-order valence-corrected chi connectivity index (χ2v) is 3.85. The van der Waals surface area contributed by atoms with E-state index in [4.69, 9.17) is 4.74 Å². The Morgan fingerprint density at radius 3 is 2.41 bits per heavy atom. The molecule has 0 atom stereocenters. The Labute approximate surface area is 102 Å². The molecule has 1 rings (SSSR count). The fraction of sp³-hybridized carbons (Fsp3) is 0.357. The van der Waals surface area contributed by atoms with Gasteiger partial charge in [0.05, 0.1) is 13.7 Å². The molecule has 0 radical (unpaired) electrons. The highest BCUT2D eigenvalue weighted by Gasteiger charge is 2.03. The molecule has 0 spiro atoms. The average Bonchev–Trinajstić information content (AvgIpc) is 2.24. The van der Waals surface area contributed by atoms with Crippen molar-refractivity contribution in [3.05, 3.63) is 28.8 Å². The maximum atomic E-state index is 10.7. The summed E-state index contributed by atoms with van der Waals surface area (Å²) in [6.07, 6.45) is 0. The summed E-state index contributed by atoms with van der Waals surface area (Å²) in [6.45, 7) is 5.83. The van der Waals surface area contributed by atoms with Crippen molar-refractivity contribution in [2.24, 2.45) is 0 Å². The largest absolute Gasteiger partial charge is 0.496 e. The highest BCUT2D eigenvalue weighted by Crippen LogP contribution is 2.23. The Morgan fingerprint density at radius 1 is 1.35 bits per heavy atom. The summed E-state index contributed by atoms with van der Waals surface area (Å²) in [5.74, 6) is 6.75. The Morgan fingerprint density at radius 2 is 1.94 bits per heavy atom. The van der Waals surface area contributed by atoms with Gasteiger partial charge in [-0.05, 0) is 37.1 Å². The van der Waals surface area contributed by atoms with Crippen LogP contribution >= 0.6 is 0 Å². The highest BCUT2D eigenvalue weighted by atomic mass is 16.5. The number of aryl methyl sites for hydroxylation is 2. The molecule has 1 aromatic carbocycles. The first-order valence-electron chi connectivity index (χ1n) is 5.43. The van der Waals surface area contributed by atoms with Crippen molar-refractivity contribution < 1.29 is 9.53 Å². The first kappa shape index (κ1) is 13.1. The second kappa shape index (κ2) is 5.95. The lowest BCUT2D eigenvalue weighted by molar-refractivity contribution is -0.118. The van der Waals surface area contributed by atoms with Gasteiger partial charge in [0.25, 0.3) is 0 Å². The second-order valence-electron chi connectivity index (χ2n) is 3.85. The van der Waals surface area contributed by atoms with E-state index in [-0.39, 0.29) is 5.91 Å². The molecule has 0 aromatic heterocycles. The normalized spacial score (nSPS) is 9.18. The van der Waals surface area contributed by atoms with Gasteiger partial charge in [-0.25, -0.2) is 0 Å². The zero-order chi connectivity index (χ0) is 12.8. The quantitative estimate of drug-likeness (QED) is 0.788. The fourth-order valence-corrected chi connectivity index (χ4v) is 1.66. The summed E-state index contributed by atoms with van der Waals surface area (Å²) in [7, 11) is 1.66. The number of hydrogen-bond donors (Lipinski definition) is 1. The molecular formula is C14H17NO2. The fourth-order valence-electron chi connectivity index (χ4n) is 1.66. The summed E-state index contributed by atoms with van der Waals surface area (Å²) in [5.41, 5.74) is 3.07. The van der Waals surface area contributed by atoms with Crippen LogP contribution in [-0.4, -0.2) is 19.6 Å². The molecule has 17 heavy (non-hydrogen) atoms. The maximum Gasteiger partial charge on any atom is 0.217 e. The van der Waals surface area contributed by atoms with Crippen molar-refractivity contribution in [2.45, 2.75) is 20.8 Å². The van der Waals surface area contributed by atoms with Crippen molar-refractivity contribution in [1.82, 2.24) is 5.32 Å². The van der Waals surface area contributed by atoms with Gasteiger partial charge in [0.2, 0.25) is 5.91 Å². The van der Waals surface area contributed by atoms with Gasteiger partial charge in [-0.2, -0.15) is 0 Å². The molecular weight excluding hydrogens is 214 g/mol. The van der Waals surface area contributed by atoms with Gasteiger partial charge in [0.15, 0.2) is 0 Å². The topological polar surface area (TPSA) is 38.3 Å². The Bertz CT molecular complexity index is 458. The van der Waals surface area contributed by atoms with Gasteiger partial charge in [0, 0.05) is 12.5 Å². The lowest BCUT2D eigenvalue weighted by Crippen LogP contribution is -2.19. The van der Waals surface area contributed by atoms with E-state index in [1.54, 1.807) is 7.11 Å². The SMILES string of the molecule is COc1c(C)cc(C#CCNC(C)=O)cc1C. The Kier molecular flexibility index (Phi) is 4.59. The van der Waals surface area contributed by atoms with E-state index < -0.39 is 0 Å². The molecule has 1 N–H and O–H groups in total. The summed E-state index contributed by atoms with van der Waals surface area (Å²) in [6, 6.07) is 3.96. The van der Waals surface area contributed by atoms with Crippen molar-refractivity contribution in [2.75, 3.05) is 13.7 Å². The first-order valence-corrected chi connectivity index (χ1v) is 5.43. The Hall–Kier alpha value is -1.95. The van der Waals surface area contributed by atoms with Gasteiger partial charge in [0.1, 0.15) is 5.75 Å². The van der Waals surface area contributed by atoms with Crippen molar-refractivity contribution in [3.8, 4) is 17.6 Å². The molecule has 0 heterocycles. The number of benzene rings is 1. The van der Waals surface area contributed by atoms with Gasteiger partial charge >= 0.3 is 0 Å². The lowest BCUT2D eigenvalue weighted by atomic mass is 10.1. The van der Waals surface area contributed by atoms with E-state index in [1.165, 1.54) is 6.92 Å². The third-order valence-electron chi connectivity index (χ3n) is 2.32. The molecule has 0 saturated carbocycles. The molecule has 90 valence electrons. The van der Waals surface area contributed by atoms with Crippen LogP contribution in [0.15, 0.2) is 12.1 Å². The molecule has 0 aliphatic rings. The summed E-state index contributed by atoms with van der Waals surface area (Å²) in [4.78, 5) is 10.7. The van der Waals surface area contributed by atoms with E-state index in [1.807, 2.05) is 26.0 Å². The van der Waals surface area contributed by atoms with E-state index in [0.29, 0.717) is 6.54 Å². The lowest BCUT2D eigenvalue weighted by Gasteiger charge is -2.08. The number of carbonyl (C=O) groups excluding carboxylic acids is 1. The van der Waals surface area contributed by atoms with Crippen LogP contribution in [0, 0.1) is 25.7 Å². The molecule has 0 saturated heterocycles. The molecule has 1 aromatic rings. The third kappa shape index (κ3) is 3.84. The minimum absolute atomic E-state index is 0.0682. The molecule has 0 unspecified atom stereocenters. The maximum absolute atomic E-state index is 10.7. The van der Waals surface area contributed by atoms with Crippen LogP contribution in [-0.2, 0) is 4.79 Å². The minimum Gasteiger partial charge on any atom is -0.496 e. The van der Waals surface area contributed by atoms with Crippen LogP contribution < -0.4 is 10.1 Å². The van der Waals surface area contributed by atoms with Gasteiger partial charge in [-0.1, -0.05) is 11.8 Å². The van der Waals surface area contributed by atoms with E-state index in [9.17, 15) is 4.79 Å². The minimum atomic E-state index is -0.0682. The zero-order valence-electron chi connectivity index (χ0n) is 10.7. The molecule has 3 nitrogen and oxygen atoms in total. The molecule has 1 amide bonds. The number of amides is 1. The first-order chi connectivity index (χ1) is 8.04. The standard InChI is InChI=1S/C14H17NO2/c1-10-8-13(6-5-7-15-12(3)16)9-11(2)14(10)17-4/h8-9H,7H2,1-4H3,(H,15,16). The number of hydrogen-bond acceptors (Lipinski definition) is 2. The van der Waals surface area contributed by atoms with Gasteiger partial charge in [-0.3, -0.25) is 4.79 Å². The van der Waals surface area contributed by atoms with Crippen molar-refractivity contribution in [1.29, 1.82) is 0 Å². The van der Waals surface area contributed by atoms with Crippen LogP contribution in [0.1, 0.15) is 23.6 Å². The smallest absolute Gasteiger partial charge is 0.217 e. The van der Waals surface area contributed by atoms with Crippen molar-refractivity contribution in [3.63, 3.8) is 0 Å². The number of rotatable bonds is 2. The van der Waals surface area contributed by atoms with Gasteiger partial charge in [-0.15, -0.1) is 0 Å². The number of nitrogens with one attached hydrogen (secondary N) is 1. The third-order valence-corrected chi connectivity index (χ3v) is 2.32. The van der Waals surface area contributed by atoms with Crippen molar-refractivity contribution >= 4 is 5.91 Å². The predicted molar refractivity (Wildman–Crippen MR) is 68.0 cm³/mol. The zero-order valence-corrected chi connectivity index (χ0v) is 10.7. The highest BCUT2D eigenvalue weighted by molar-refractivity contribution is 5.73. The summed E-state index contributed by atoms with van der Waals surface area (Å²) in [5, 5.41) is 2.63. The predicted octanol–water partition coefficient (Wildman–Crippen LogP) is 1.80. The Balaban J connectivity index is 2.83. The van der Waals surface area contributed by atoms with E-state index in [2.05, 4.69) is 17.2 Å². The van der Waals surface area contributed by atoms with E-state index in [0.717, 1.165) is 22.4 Å². The molecule has 0 aliphatic heterocycles. The summed E-state index contributed by atoms with van der Waals surface area (Å²) < 4.78 is 5.28. The van der Waals surface area contributed by atoms with Crippen LogP contribution in [0.2, 0.25) is 0 Å². The average molecular weight is 231 g/mol. The number of carbonyl (C=O) groups is 1. The van der Waals surface area contributed by atoms with Crippen LogP contribution in [0.4, 0.5) is 0 Å². The molecule has 0 aliphatic carbocycles. The number of methoxy groups -OCH3 is 1. The number of ether oxygens (including phenoxy) is 1. The van der Waals surface area contributed by atoms with E-state index >= 15 is 0 Å². The van der Waals surface area contributed by atoms with Crippen LogP contribution in [0.5, 0.6) is 5.75 Å². The molecule has 0 fully saturated rings. The monoisotopic (exact) mass is 231 g/mol. The summed E-state index contributed by atoms with van der Waals surface area (Å²) >= 11 is 0.